The molecule has 0 aliphatic carbocycles. The Balaban J connectivity index is 2.43. The first kappa shape index (κ1) is 7.94. The normalized spacial score (nSPS) is 9.09. The number of amides is 1. The second-order valence-corrected chi connectivity index (χ2v) is 2.84. The molecule has 1 rings (SSSR count). The lowest BCUT2D eigenvalue weighted by Gasteiger charge is -1.95. The van der Waals surface area contributed by atoms with Crippen LogP contribution in [0.25, 0.3) is 0 Å². The maximum Gasteiger partial charge on any atom is 0.232 e. The van der Waals surface area contributed by atoms with Gasteiger partial charge in [-0.2, -0.15) is 0 Å². The fraction of sp³-hybridized carbons (Fsp3) is 0.143. The molecule has 1 N–H and O–H groups in total. The largest absolute Gasteiger partial charge is 0.317 e. The molecule has 0 aromatic carbocycles. The molecule has 1 aromatic heterocycles. The second kappa shape index (κ2) is 3.88. The fourth-order valence-electron chi connectivity index (χ4n) is 0.614. The van der Waals surface area contributed by atoms with Crippen molar-refractivity contribution in [1.82, 2.24) is 0 Å². The molecule has 0 radical (unpaired) electrons. The summed E-state index contributed by atoms with van der Waals surface area (Å²) in [4.78, 5) is 20.7. The Morgan fingerprint density at radius 1 is 1.73 bits per heavy atom. The van der Waals surface area contributed by atoms with E-state index in [1.165, 1.54) is 11.3 Å². The van der Waals surface area contributed by atoms with Gasteiger partial charge in [0.1, 0.15) is 6.29 Å². The van der Waals surface area contributed by atoms with Crippen molar-refractivity contribution in [2.45, 2.75) is 6.42 Å². The first-order chi connectivity index (χ1) is 5.33. The average Bonchev–Trinajstić information content (AvgIpc) is 2.40. The van der Waals surface area contributed by atoms with E-state index in [9.17, 15) is 9.59 Å². The number of anilines is 1. The number of nitrogens with one attached hydrogen (secondary N) is 1. The Morgan fingerprint density at radius 3 is 3.09 bits per heavy atom. The van der Waals surface area contributed by atoms with Crippen LogP contribution in [-0.4, -0.2) is 12.2 Å². The number of carbonyl (C=O) groups is 2. The third-order valence-corrected chi connectivity index (χ3v) is 1.84. The summed E-state index contributed by atoms with van der Waals surface area (Å²) in [5.41, 5.74) is 0. The summed E-state index contributed by atoms with van der Waals surface area (Å²) >= 11 is 1.43. The summed E-state index contributed by atoms with van der Waals surface area (Å²) in [6, 6.07) is 3.62. The minimum atomic E-state index is -0.262. The fourth-order valence-corrected chi connectivity index (χ4v) is 1.25. The van der Waals surface area contributed by atoms with Gasteiger partial charge < -0.3 is 10.1 Å². The van der Waals surface area contributed by atoms with E-state index < -0.39 is 0 Å². The first-order valence-corrected chi connectivity index (χ1v) is 3.98. The highest BCUT2D eigenvalue weighted by Crippen LogP contribution is 2.14. The molecule has 0 fully saturated rings. The summed E-state index contributed by atoms with van der Waals surface area (Å²) in [7, 11) is 0. The highest BCUT2D eigenvalue weighted by Gasteiger charge is 1.99. The maximum atomic E-state index is 10.8. The number of carbonyl (C=O) groups excluding carboxylic acids is 2. The van der Waals surface area contributed by atoms with E-state index >= 15 is 0 Å². The second-order valence-electron chi connectivity index (χ2n) is 1.90. The van der Waals surface area contributed by atoms with Gasteiger partial charge in [-0.15, -0.1) is 11.3 Å². The maximum absolute atomic E-state index is 10.8. The lowest BCUT2D eigenvalue weighted by molar-refractivity contribution is -0.119. The van der Waals surface area contributed by atoms with Gasteiger partial charge in [-0.05, 0) is 17.5 Å². The van der Waals surface area contributed by atoms with Crippen molar-refractivity contribution in [3.05, 3.63) is 17.5 Å². The average molecular weight is 169 g/mol. The van der Waals surface area contributed by atoms with E-state index in [0.717, 1.165) is 5.00 Å². The van der Waals surface area contributed by atoms with Gasteiger partial charge in [0, 0.05) is 0 Å². The van der Waals surface area contributed by atoms with Gasteiger partial charge in [0.2, 0.25) is 5.91 Å². The summed E-state index contributed by atoms with van der Waals surface area (Å²) in [5.74, 6) is -0.262. The van der Waals surface area contributed by atoms with Crippen LogP contribution in [0.15, 0.2) is 17.5 Å². The van der Waals surface area contributed by atoms with Crippen molar-refractivity contribution in [1.29, 1.82) is 0 Å². The van der Waals surface area contributed by atoms with E-state index in [4.69, 9.17) is 0 Å². The Kier molecular flexibility index (Phi) is 2.80. The summed E-state index contributed by atoms with van der Waals surface area (Å²) in [5, 5.41) is 5.20. The molecule has 1 heterocycles. The monoisotopic (exact) mass is 169 g/mol. The topological polar surface area (TPSA) is 46.2 Å². The van der Waals surface area contributed by atoms with Crippen molar-refractivity contribution in [3.63, 3.8) is 0 Å². The lowest BCUT2D eigenvalue weighted by Crippen LogP contribution is -2.10. The molecular formula is C7H7NO2S. The minimum absolute atomic E-state index is 0.0715. The van der Waals surface area contributed by atoms with Crippen LogP contribution in [0.5, 0.6) is 0 Å². The first-order valence-electron chi connectivity index (χ1n) is 3.10. The third kappa shape index (κ3) is 2.51. The van der Waals surface area contributed by atoms with Crippen LogP contribution in [0.2, 0.25) is 0 Å². The van der Waals surface area contributed by atoms with Crippen LogP contribution in [-0.2, 0) is 9.59 Å². The number of rotatable bonds is 3. The van der Waals surface area contributed by atoms with E-state index in [-0.39, 0.29) is 12.3 Å². The van der Waals surface area contributed by atoms with Crippen LogP contribution >= 0.6 is 11.3 Å². The predicted octanol–water partition coefficient (Wildman–Crippen LogP) is 1.28. The van der Waals surface area contributed by atoms with Gasteiger partial charge >= 0.3 is 0 Å². The lowest BCUT2D eigenvalue weighted by atomic mass is 10.4. The van der Waals surface area contributed by atoms with Gasteiger partial charge in [0.05, 0.1) is 11.4 Å². The van der Waals surface area contributed by atoms with Crippen LogP contribution in [0.1, 0.15) is 6.42 Å². The third-order valence-electron chi connectivity index (χ3n) is 1.05. The molecule has 0 aliphatic heterocycles. The summed E-state index contributed by atoms with van der Waals surface area (Å²) in [6.45, 7) is 0. The SMILES string of the molecule is O=CCC(=O)Nc1cccs1. The van der Waals surface area contributed by atoms with E-state index in [2.05, 4.69) is 5.32 Å². The van der Waals surface area contributed by atoms with Crippen LogP contribution in [0.4, 0.5) is 5.00 Å². The zero-order valence-corrected chi connectivity index (χ0v) is 6.56. The summed E-state index contributed by atoms with van der Waals surface area (Å²) < 4.78 is 0. The molecule has 0 spiro atoms. The molecular weight excluding hydrogens is 162 g/mol. The Hall–Kier alpha value is -1.16. The molecule has 0 bridgehead atoms. The van der Waals surface area contributed by atoms with Crippen molar-refractivity contribution in [2.75, 3.05) is 5.32 Å². The molecule has 11 heavy (non-hydrogen) atoms. The van der Waals surface area contributed by atoms with Crippen molar-refractivity contribution in [3.8, 4) is 0 Å². The molecule has 3 nitrogen and oxygen atoms in total. The zero-order chi connectivity index (χ0) is 8.10. The highest BCUT2D eigenvalue weighted by atomic mass is 32.1. The number of hydrogen-bond acceptors (Lipinski definition) is 3. The molecule has 1 aromatic rings. The van der Waals surface area contributed by atoms with Crippen LogP contribution in [0, 0.1) is 0 Å². The molecule has 0 aliphatic rings. The van der Waals surface area contributed by atoms with Crippen LogP contribution < -0.4 is 5.32 Å². The Morgan fingerprint density at radius 2 is 2.55 bits per heavy atom. The number of aldehydes is 1. The molecule has 0 atom stereocenters. The standard InChI is InChI=1S/C7H7NO2S/c9-4-3-6(10)8-7-2-1-5-11-7/h1-2,4-5H,3H2,(H,8,10). The van der Waals surface area contributed by atoms with Crippen molar-refractivity contribution >= 4 is 28.5 Å². The van der Waals surface area contributed by atoms with Gasteiger partial charge in [0.15, 0.2) is 0 Å². The van der Waals surface area contributed by atoms with Gasteiger partial charge in [-0.1, -0.05) is 0 Å². The van der Waals surface area contributed by atoms with Crippen LogP contribution in [0.3, 0.4) is 0 Å². The van der Waals surface area contributed by atoms with Gasteiger partial charge in [-0.25, -0.2) is 0 Å². The Labute approximate surface area is 68.0 Å². The molecule has 0 saturated carbocycles. The summed E-state index contributed by atoms with van der Waals surface area (Å²) in [6.07, 6.45) is 0.515. The molecule has 58 valence electrons. The van der Waals surface area contributed by atoms with Gasteiger partial charge in [0.25, 0.3) is 0 Å². The van der Waals surface area contributed by atoms with E-state index in [1.54, 1.807) is 6.07 Å². The predicted molar refractivity (Wildman–Crippen MR) is 43.6 cm³/mol. The quantitative estimate of drug-likeness (QED) is 0.547. The highest BCUT2D eigenvalue weighted by molar-refractivity contribution is 7.14. The molecule has 1 amide bonds. The smallest absolute Gasteiger partial charge is 0.232 e. The van der Waals surface area contributed by atoms with E-state index in [1.807, 2.05) is 11.4 Å². The zero-order valence-electron chi connectivity index (χ0n) is 5.74. The molecule has 0 saturated heterocycles. The van der Waals surface area contributed by atoms with Gasteiger partial charge in [-0.3, -0.25) is 4.79 Å². The molecule has 4 heteroatoms. The van der Waals surface area contributed by atoms with E-state index in [0.29, 0.717) is 6.29 Å². The number of thiophene rings is 1. The van der Waals surface area contributed by atoms with Crippen molar-refractivity contribution in [2.24, 2.45) is 0 Å². The number of hydrogen-bond donors (Lipinski definition) is 1. The molecule has 0 unspecified atom stereocenters. The Bertz CT molecular complexity index is 243. The minimum Gasteiger partial charge on any atom is -0.317 e. The van der Waals surface area contributed by atoms with Crippen molar-refractivity contribution < 1.29 is 9.59 Å².